The first-order valence-corrected chi connectivity index (χ1v) is 7.73. The highest BCUT2D eigenvalue weighted by Crippen LogP contribution is 2.21. The molecule has 4 heteroatoms. The maximum atomic E-state index is 4.55. The van der Waals surface area contributed by atoms with E-state index in [9.17, 15) is 0 Å². The monoisotopic (exact) mass is 282 g/mol. The number of rotatable bonds is 4. The molecule has 110 valence electrons. The van der Waals surface area contributed by atoms with E-state index in [4.69, 9.17) is 0 Å². The van der Waals surface area contributed by atoms with Gasteiger partial charge in [-0.2, -0.15) is 4.98 Å². The lowest BCUT2D eigenvalue weighted by Gasteiger charge is -2.23. The summed E-state index contributed by atoms with van der Waals surface area (Å²) in [4.78, 5) is 8.84. The molecule has 0 atom stereocenters. The maximum absolute atomic E-state index is 4.55. The lowest BCUT2D eigenvalue weighted by Crippen LogP contribution is -2.22. The molecular weight excluding hydrogens is 260 g/mol. The van der Waals surface area contributed by atoms with Crippen LogP contribution in [0.25, 0.3) is 0 Å². The Morgan fingerprint density at radius 2 is 1.76 bits per heavy atom. The van der Waals surface area contributed by atoms with Gasteiger partial charge in [0.1, 0.15) is 5.82 Å². The van der Waals surface area contributed by atoms with E-state index < -0.39 is 0 Å². The number of benzene rings is 1. The van der Waals surface area contributed by atoms with E-state index in [-0.39, 0.29) is 0 Å². The Hall–Kier alpha value is -2.10. The molecule has 1 aliphatic carbocycles. The van der Waals surface area contributed by atoms with Crippen molar-refractivity contribution in [3.8, 4) is 0 Å². The van der Waals surface area contributed by atoms with Crippen molar-refractivity contribution >= 4 is 17.5 Å². The van der Waals surface area contributed by atoms with E-state index in [0.29, 0.717) is 12.0 Å². The number of anilines is 3. The van der Waals surface area contributed by atoms with E-state index in [0.717, 1.165) is 11.5 Å². The molecule has 0 amide bonds. The number of aromatic nitrogens is 2. The standard InChI is InChI=1S/C17H22N4/c1-13-7-9-15(10-8-13)20-17-18-12-11-16(21-17)19-14-5-3-2-4-6-14/h7-12,14H,2-6H2,1H3,(H2,18,19,20,21). The highest BCUT2D eigenvalue weighted by Gasteiger charge is 2.13. The Balaban J connectivity index is 1.66. The van der Waals surface area contributed by atoms with Gasteiger partial charge in [0.25, 0.3) is 0 Å². The van der Waals surface area contributed by atoms with E-state index in [1.54, 1.807) is 6.20 Å². The molecule has 0 unspecified atom stereocenters. The molecule has 1 saturated carbocycles. The number of aryl methyl sites for hydroxylation is 1. The molecule has 0 radical (unpaired) electrons. The summed E-state index contributed by atoms with van der Waals surface area (Å²) < 4.78 is 0. The summed E-state index contributed by atoms with van der Waals surface area (Å²) in [6, 6.07) is 10.7. The van der Waals surface area contributed by atoms with Gasteiger partial charge in [-0.05, 0) is 38.0 Å². The third-order valence-corrected chi connectivity index (χ3v) is 3.92. The molecule has 4 nitrogen and oxygen atoms in total. The zero-order valence-electron chi connectivity index (χ0n) is 12.5. The van der Waals surface area contributed by atoms with Gasteiger partial charge in [0.05, 0.1) is 0 Å². The molecule has 3 rings (SSSR count). The molecule has 1 aliphatic rings. The molecule has 1 aromatic heterocycles. The van der Waals surface area contributed by atoms with Gasteiger partial charge < -0.3 is 10.6 Å². The normalized spacial score (nSPS) is 15.7. The van der Waals surface area contributed by atoms with Gasteiger partial charge in [0, 0.05) is 17.9 Å². The number of nitrogens with one attached hydrogen (secondary N) is 2. The predicted octanol–water partition coefficient (Wildman–Crippen LogP) is 4.27. The Kier molecular flexibility index (Phi) is 4.34. The topological polar surface area (TPSA) is 49.8 Å². The molecule has 0 bridgehead atoms. The van der Waals surface area contributed by atoms with Gasteiger partial charge in [-0.3, -0.25) is 0 Å². The summed E-state index contributed by atoms with van der Waals surface area (Å²) in [7, 11) is 0. The Morgan fingerprint density at radius 1 is 1.00 bits per heavy atom. The zero-order valence-corrected chi connectivity index (χ0v) is 12.5. The third-order valence-electron chi connectivity index (χ3n) is 3.92. The SMILES string of the molecule is Cc1ccc(Nc2nccc(NC3CCCCC3)n2)cc1. The van der Waals surface area contributed by atoms with Gasteiger partial charge in [0.15, 0.2) is 0 Å². The van der Waals surface area contributed by atoms with Gasteiger partial charge in [-0.25, -0.2) is 4.98 Å². The highest BCUT2D eigenvalue weighted by atomic mass is 15.1. The van der Waals surface area contributed by atoms with Crippen molar-refractivity contribution in [1.82, 2.24) is 9.97 Å². The summed E-state index contributed by atoms with van der Waals surface area (Å²) in [5.74, 6) is 1.55. The van der Waals surface area contributed by atoms with Gasteiger partial charge in [0.2, 0.25) is 5.95 Å². The maximum Gasteiger partial charge on any atom is 0.229 e. The van der Waals surface area contributed by atoms with Crippen molar-refractivity contribution in [2.75, 3.05) is 10.6 Å². The first-order valence-electron chi connectivity index (χ1n) is 7.73. The van der Waals surface area contributed by atoms with Crippen LogP contribution in [0.15, 0.2) is 36.5 Å². The Labute approximate surface area is 126 Å². The van der Waals surface area contributed by atoms with Crippen LogP contribution in [0.1, 0.15) is 37.7 Å². The number of nitrogens with zero attached hydrogens (tertiary/aromatic N) is 2. The van der Waals surface area contributed by atoms with Crippen LogP contribution < -0.4 is 10.6 Å². The fourth-order valence-electron chi connectivity index (χ4n) is 2.72. The van der Waals surface area contributed by atoms with Crippen LogP contribution in [0.3, 0.4) is 0 Å². The summed E-state index contributed by atoms with van der Waals surface area (Å²) in [6.07, 6.45) is 8.28. The number of hydrogen-bond acceptors (Lipinski definition) is 4. The summed E-state index contributed by atoms with van der Waals surface area (Å²) in [5.41, 5.74) is 2.25. The van der Waals surface area contributed by atoms with E-state index >= 15 is 0 Å². The van der Waals surface area contributed by atoms with Crippen molar-refractivity contribution in [3.63, 3.8) is 0 Å². The second-order valence-corrected chi connectivity index (χ2v) is 5.74. The number of hydrogen-bond donors (Lipinski definition) is 2. The van der Waals surface area contributed by atoms with Crippen molar-refractivity contribution in [2.24, 2.45) is 0 Å². The minimum atomic E-state index is 0.556. The molecule has 0 saturated heterocycles. The molecule has 1 heterocycles. The lowest BCUT2D eigenvalue weighted by molar-refractivity contribution is 0.462. The summed E-state index contributed by atoms with van der Waals surface area (Å²) >= 11 is 0. The molecule has 1 aromatic carbocycles. The molecule has 21 heavy (non-hydrogen) atoms. The van der Waals surface area contributed by atoms with E-state index in [1.807, 2.05) is 18.2 Å². The summed E-state index contributed by atoms with van der Waals surface area (Å²) in [6.45, 7) is 2.08. The van der Waals surface area contributed by atoms with Gasteiger partial charge in [-0.1, -0.05) is 37.0 Å². The summed E-state index contributed by atoms with van der Waals surface area (Å²) in [5, 5.41) is 6.77. The average Bonchev–Trinajstić information content (AvgIpc) is 2.51. The minimum Gasteiger partial charge on any atom is -0.367 e. The highest BCUT2D eigenvalue weighted by molar-refractivity contribution is 5.55. The Bertz CT molecular complexity index is 574. The molecule has 1 fully saturated rings. The van der Waals surface area contributed by atoms with Crippen LogP contribution in [-0.2, 0) is 0 Å². The first-order chi connectivity index (χ1) is 10.3. The average molecular weight is 282 g/mol. The lowest BCUT2D eigenvalue weighted by atomic mass is 9.95. The molecule has 2 N–H and O–H groups in total. The van der Waals surface area contributed by atoms with Crippen LogP contribution in [0, 0.1) is 6.92 Å². The van der Waals surface area contributed by atoms with Gasteiger partial charge in [-0.15, -0.1) is 0 Å². The second-order valence-electron chi connectivity index (χ2n) is 5.74. The molecular formula is C17H22N4. The zero-order chi connectivity index (χ0) is 14.5. The van der Waals surface area contributed by atoms with Crippen LogP contribution >= 0.6 is 0 Å². The van der Waals surface area contributed by atoms with Gasteiger partial charge >= 0.3 is 0 Å². The van der Waals surface area contributed by atoms with Crippen LogP contribution in [0.5, 0.6) is 0 Å². The quantitative estimate of drug-likeness (QED) is 0.879. The second kappa shape index (κ2) is 6.57. The molecule has 2 aromatic rings. The fraction of sp³-hybridized carbons (Fsp3) is 0.412. The predicted molar refractivity (Wildman–Crippen MR) is 87.0 cm³/mol. The van der Waals surface area contributed by atoms with Crippen LogP contribution in [0.4, 0.5) is 17.5 Å². The van der Waals surface area contributed by atoms with Crippen molar-refractivity contribution in [3.05, 3.63) is 42.1 Å². The Morgan fingerprint density at radius 3 is 2.52 bits per heavy atom. The van der Waals surface area contributed by atoms with E-state index in [2.05, 4.69) is 39.7 Å². The molecule has 0 aliphatic heterocycles. The largest absolute Gasteiger partial charge is 0.367 e. The van der Waals surface area contributed by atoms with E-state index in [1.165, 1.54) is 37.7 Å². The minimum absolute atomic E-state index is 0.556. The first kappa shape index (κ1) is 13.9. The molecule has 0 spiro atoms. The smallest absolute Gasteiger partial charge is 0.229 e. The van der Waals surface area contributed by atoms with Crippen molar-refractivity contribution in [2.45, 2.75) is 45.1 Å². The van der Waals surface area contributed by atoms with Crippen molar-refractivity contribution in [1.29, 1.82) is 0 Å². The van der Waals surface area contributed by atoms with Crippen LogP contribution in [-0.4, -0.2) is 16.0 Å². The van der Waals surface area contributed by atoms with Crippen molar-refractivity contribution < 1.29 is 0 Å². The van der Waals surface area contributed by atoms with Crippen LogP contribution in [0.2, 0.25) is 0 Å². The fourth-order valence-corrected chi connectivity index (χ4v) is 2.72. The third kappa shape index (κ3) is 3.94.